The molecule has 2 N–H and O–H groups in total. The lowest BCUT2D eigenvalue weighted by atomic mass is 9.96. The minimum atomic E-state index is -0.523. The molecule has 1 aliphatic rings. The molecule has 0 aromatic carbocycles. The summed E-state index contributed by atoms with van der Waals surface area (Å²) in [5.41, 5.74) is 0. The zero-order valence-corrected chi connectivity index (χ0v) is 6.57. The molecule has 2 nitrogen and oxygen atoms in total. The zero-order chi connectivity index (χ0) is 8.27. The molecule has 2 heteroatoms. The molecule has 1 aliphatic carbocycles. The molecule has 2 atom stereocenters. The van der Waals surface area contributed by atoms with Crippen LogP contribution in [0.1, 0.15) is 13.3 Å². The summed E-state index contributed by atoms with van der Waals surface area (Å²) in [6.07, 6.45) is 6.90. The topological polar surface area (TPSA) is 40.5 Å². The van der Waals surface area contributed by atoms with E-state index in [0.717, 1.165) is 5.92 Å². The van der Waals surface area contributed by atoms with E-state index >= 15 is 0 Å². The third-order valence-electron chi connectivity index (χ3n) is 1.64. The van der Waals surface area contributed by atoms with E-state index in [2.05, 4.69) is 0 Å². The van der Waals surface area contributed by atoms with Crippen LogP contribution in [0.2, 0.25) is 0 Å². The van der Waals surface area contributed by atoms with Crippen LogP contribution in [0.3, 0.4) is 0 Å². The fourth-order valence-electron chi connectivity index (χ4n) is 1.07. The number of aliphatic hydroxyl groups excluding tert-OH is 2. The van der Waals surface area contributed by atoms with Gasteiger partial charge < -0.3 is 10.2 Å². The first-order chi connectivity index (χ1) is 5.20. The zero-order valence-electron chi connectivity index (χ0n) is 6.57. The highest BCUT2D eigenvalue weighted by atomic mass is 16.3. The molecule has 0 spiro atoms. The number of rotatable bonds is 3. The summed E-state index contributed by atoms with van der Waals surface area (Å²) in [6, 6.07) is 0. The van der Waals surface area contributed by atoms with Gasteiger partial charge in [-0.2, -0.15) is 0 Å². The van der Waals surface area contributed by atoms with Crippen molar-refractivity contribution in [2.75, 3.05) is 0 Å². The predicted octanol–water partition coefficient (Wildman–Crippen LogP) is 0.523. The Morgan fingerprint density at radius 2 is 1.82 bits per heavy atom. The Hall–Kier alpha value is -0.0800. The molecule has 0 saturated heterocycles. The summed E-state index contributed by atoms with van der Waals surface area (Å²) in [5.74, 6) is 0.880. The van der Waals surface area contributed by atoms with Crippen LogP contribution in [0.5, 0.6) is 0 Å². The summed E-state index contributed by atoms with van der Waals surface area (Å²) in [5, 5.41) is 18.4. The van der Waals surface area contributed by atoms with Crippen molar-refractivity contribution >= 4 is 0 Å². The van der Waals surface area contributed by atoms with Crippen molar-refractivity contribution in [3.63, 3.8) is 0 Å². The average molecular weight is 153 g/mol. The quantitative estimate of drug-likeness (QED) is 0.620. The Morgan fingerprint density at radius 1 is 1.27 bits per heavy atom. The van der Waals surface area contributed by atoms with Crippen LogP contribution >= 0.6 is 0 Å². The number of hydrogen-bond donors (Lipinski definition) is 2. The Balaban J connectivity index is 2.22. The highest BCUT2D eigenvalue weighted by molar-refractivity contribution is 5.37. The minimum Gasteiger partial charge on any atom is -0.393 e. The largest absolute Gasteiger partial charge is 0.393 e. The Morgan fingerprint density at radius 3 is 2.27 bits per heavy atom. The fourth-order valence-corrected chi connectivity index (χ4v) is 1.07. The number of aliphatic hydroxyl groups is 2. The van der Waals surface area contributed by atoms with Gasteiger partial charge in [-0.1, -0.05) is 0 Å². The smallest absolute Gasteiger partial charge is 0.0633 e. The molecule has 1 saturated carbocycles. The van der Waals surface area contributed by atoms with E-state index in [1.807, 2.05) is 25.7 Å². The molecule has 1 fully saturated rings. The van der Waals surface area contributed by atoms with Crippen LogP contribution in [0.25, 0.3) is 0 Å². The van der Waals surface area contributed by atoms with Crippen molar-refractivity contribution in [2.45, 2.75) is 25.6 Å². The van der Waals surface area contributed by atoms with Gasteiger partial charge >= 0.3 is 0 Å². The van der Waals surface area contributed by atoms with Gasteiger partial charge in [0.05, 0.1) is 12.2 Å². The van der Waals surface area contributed by atoms with Crippen molar-refractivity contribution in [3.8, 4) is 0 Å². The van der Waals surface area contributed by atoms with Gasteiger partial charge in [0.1, 0.15) is 0 Å². The molecule has 0 bridgehead atoms. The monoisotopic (exact) mass is 153 g/mol. The van der Waals surface area contributed by atoms with E-state index in [9.17, 15) is 5.11 Å². The molecule has 5 radical (unpaired) electrons. The number of hydrogen-bond acceptors (Lipinski definition) is 2. The summed E-state index contributed by atoms with van der Waals surface area (Å²) < 4.78 is 0. The molecule has 0 aliphatic heterocycles. The highest BCUT2D eigenvalue weighted by Crippen LogP contribution is 2.28. The molecular formula is C9H13O2. The molecule has 1 rings (SSSR count). The summed E-state index contributed by atoms with van der Waals surface area (Å²) in [7, 11) is 0. The van der Waals surface area contributed by atoms with Gasteiger partial charge in [-0.25, -0.2) is 0 Å². The van der Waals surface area contributed by atoms with Gasteiger partial charge in [-0.05, 0) is 39.0 Å². The fraction of sp³-hybridized carbons (Fsp3) is 0.444. The lowest BCUT2D eigenvalue weighted by Crippen LogP contribution is -2.21. The molecule has 11 heavy (non-hydrogen) atoms. The van der Waals surface area contributed by atoms with Crippen molar-refractivity contribution in [2.24, 2.45) is 0 Å². The van der Waals surface area contributed by atoms with E-state index in [0.29, 0.717) is 6.42 Å². The standard InChI is InChI=1S/C9H13O2/c1-7(10)6-9(11)8-4-2-3-5-8/h2-5,7,9-11H,6H2,1H3/t7-,9+/m1/s1. The Kier molecular flexibility index (Phi) is 3.34. The van der Waals surface area contributed by atoms with E-state index in [1.165, 1.54) is 0 Å². The van der Waals surface area contributed by atoms with Gasteiger partial charge in [-0.15, -0.1) is 0 Å². The maximum atomic E-state index is 9.42. The average Bonchev–Trinajstić information content (AvgIpc) is 2.35. The van der Waals surface area contributed by atoms with Crippen molar-refractivity contribution in [1.29, 1.82) is 0 Å². The lowest BCUT2D eigenvalue weighted by molar-refractivity contribution is 0.103. The van der Waals surface area contributed by atoms with Crippen molar-refractivity contribution in [3.05, 3.63) is 31.6 Å². The van der Waals surface area contributed by atoms with E-state index in [-0.39, 0.29) is 0 Å². The van der Waals surface area contributed by atoms with Crippen LogP contribution in [0.15, 0.2) is 0 Å². The highest BCUT2D eigenvalue weighted by Gasteiger charge is 2.25. The second kappa shape index (κ2) is 4.07. The first kappa shape index (κ1) is 9.01. The van der Waals surface area contributed by atoms with Crippen molar-refractivity contribution in [1.82, 2.24) is 0 Å². The van der Waals surface area contributed by atoms with Gasteiger partial charge in [0, 0.05) is 5.92 Å². The van der Waals surface area contributed by atoms with Crippen LogP contribution < -0.4 is 0 Å². The third-order valence-corrected chi connectivity index (χ3v) is 1.64. The summed E-state index contributed by atoms with van der Waals surface area (Å²) >= 11 is 0. The van der Waals surface area contributed by atoms with Crippen LogP contribution in [0, 0.1) is 31.6 Å². The van der Waals surface area contributed by atoms with Crippen LogP contribution in [-0.4, -0.2) is 22.4 Å². The SMILES string of the molecule is C[C@@H](O)C[C@H](O)[C]1[CH][CH][CH][CH]1. The maximum Gasteiger partial charge on any atom is 0.0633 e. The lowest BCUT2D eigenvalue weighted by Gasteiger charge is -2.17. The van der Waals surface area contributed by atoms with Gasteiger partial charge in [0.15, 0.2) is 0 Å². The Bertz CT molecular complexity index is 106. The van der Waals surface area contributed by atoms with Crippen LogP contribution in [-0.2, 0) is 0 Å². The molecule has 0 unspecified atom stereocenters. The Labute approximate surface area is 68.2 Å². The summed E-state index contributed by atoms with van der Waals surface area (Å²) in [6.45, 7) is 1.67. The maximum absolute atomic E-state index is 9.42. The van der Waals surface area contributed by atoms with E-state index in [1.54, 1.807) is 6.92 Å². The van der Waals surface area contributed by atoms with Gasteiger partial charge in [0.2, 0.25) is 0 Å². The second-order valence-electron chi connectivity index (χ2n) is 2.82. The molecule has 0 heterocycles. The van der Waals surface area contributed by atoms with E-state index < -0.39 is 12.2 Å². The molecule has 0 aromatic rings. The minimum absolute atomic E-state index is 0.407. The van der Waals surface area contributed by atoms with E-state index in [4.69, 9.17) is 5.11 Å². The predicted molar refractivity (Wildman–Crippen MR) is 42.7 cm³/mol. The molecular weight excluding hydrogens is 140 g/mol. The first-order valence-electron chi connectivity index (χ1n) is 3.78. The van der Waals surface area contributed by atoms with Crippen LogP contribution in [0.4, 0.5) is 0 Å². The van der Waals surface area contributed by atoms with Gasteiger partial charge in [-0.3, -0.25) is 0 Å². The molecule has 0 amide bonds. The first-order valence-corrected chi connectivity index (χ1v) is 3.78. The van der Waals surface area contributed by atoms with Crippen molar-refractivity contribution < 1.29 is 10.2 Å². The normalized spacial score (nSPS) is 25.4. The van der Waals surface area contributed by atoms with Gasteiger partial charge in [0.25, 0.3) is 0 Å². The summed E-state index contributed by atoms with van der Waals surface area (Å²) in [4.78, 5) is 0. The third kappa shape index (κ3) is 2.80. The molecule has 0 aromatic heterocycles. The second-order valence-corrected chi connectivity index (χ2v) is 2.82. The molecule has 61 valence electrons.